The minimum absolute atomic E-state index is 0.0793. The second-order valence-electron chi connectivity index (χ2n) is 6.91. The molecule has 1 amide bonds. The van der Waals surface area contributed by atoms with Crippen LogP contribution in [0.2, 0.25) is 0 Å². The maximum Gasteiger partial charge on any atom is 0.252 e. The topological polar surface area (TPSA) is 32.3 Å². The zero-order chi connectivity index (χ0) is 14.8. The number of thiophene rings is 1. The van der Waals surface area contributed by atoms with Gasteiger partial charge < -0.3 is 10.2 Å². The first-order chi connectivity index (χ1) is 9.36. The number of likely N-dealkylation sites (tertiary alicyclic amines) is 1. The third kappa shape index (κ3) is 4.06. The van der Waals surface area contributed by atoms with Crippen molar-refractivity contribution in [3.8, 4) is 0 Å². The van der Waals surface area contributed by atoms with Gasteiger partial charge in [-0.25, -0.2) is 0 Å². The summed E-state index contributed by atoms with van der Waals surface area (Å²) in [6, 6.07) is 2.04. The van der Waals surface area contributed by atoms with Gasteiger partial charge >= 0.3 is 0 Å². The highest BCUT2D eigenvalue weighted by Crippen LogP contribution is 2.28. The number of hydrogen-bond donors (Lipinski definition) is 1. The molecule has 112 valence electrons. The van der Waals surface area contributed by atoms with Gasteiger partial charge in [0.2, 0.25) is 0 Å². The van der Waals surface area contributed by atoms with Crippen molar-refractivity contribution >= 4 is 17.2 Å². The molecule has 1 saturated heterocycles. The molecule has 0 unspecified atom stereocenters. The molecule has 1 aliphatic rings. The van der Waals surface area contributed by atoms with E-state index < -0.39 is 0 Å². The third-order valence-corrected chi connectivity index (χ3v) is 5.35. The van der Waals surface area contributed by atoms with E-state index in [0.29, 0.717) is 5.92 Å². The van der Waals surface area contributed by atoms with Gasteiger partial charge in [0.25, 0.3) is 5.91 Å². The quantitative estimate of drug-likeness (QED) is 0.929. The van der Waals surface area contributed by atoms with Gasteiger partial charge in [-0.1, -0.05) is 20.8 Å². The summed E-state index contributed by atoms with van der Waals surface area (Å²) in [5.41, 5.74) is 0.935. The van der Waals surface area contributed by atoms with E-state index in [9.17, 15) is 4.79 Å². The summed E-state index contributed by atoms with van der Waals surface area (Å²) in [7, 11) is 2.16. The van der Waals surface area contributed by atoms with E-state index in [0.717, 1.165) is 25.2 Å². The van der Waals surface area contributed by atoms with E-state index in [1.54, 1.807) is 11.3 Å². The predicted molar refractivity (Wildman–Crippen MR) is 85.6 cm³/mol. The molecule has 0 aromatic carbocycles. The van der Waals surface area contributed by atoms with E-state index in [2.05, 4.69) is 38.0 Å². The third-order valence-electron chi connectivity index (χ3n) is 3.99. The van der Waals surface area contributed by atoms with Gasteiger partial charge in [0.05, 0.1) is 5.56 Å². The highest BCUT2D eigenvalue weighted by atomic mass is 32.1. The molecule has 3 nitrogen and oxygen atoms in total. The first-order valence-electron chi connectivity index (χ1n) is 7.42. The van der Waals surface area contributed by atoms with Crippen molar-refractivity contribution < 1.29 is 4.79 Å². The Morgan fingerprint density at radius 3 is 2.60 bits per heavy atom. The zero-order valence-corrected chi connectivity index (χ0v) is 13.8. The molecule has 0 bridgehead atoms. The van der Waals surface area contributed by atoms with Crippen molar-refractivity contribution in [2.24, 2.45) is 5.92 Å². The van der Waals surface area contributed by atoms with Crippen LogP contribution in [0.15, 0.2) is 11.4 Å². The summed E-state index contributed by atoms with van der Waals surface area (Å²) in [6.45, 7) is 9.64. The van der Waals surface area contributed by atoms with Gasteiger partial charge in [0, 0.05) is 16.8 Å². The lowest BCUT2D eigenvalue weighted by atomic mass is 9.94. The standard InChI is InChI=1S/C16H26N2OS/c1-16(2,3)14-9-13(11-20-14)15(19)17-10-12-5-7-18(4)8-6-12/h9,11-12H,5-8,10H2,1-4H3,(H,17,19). The lowest BCUT2D eigenvalue weighted by Crippen LogP contribution is -2.36. The number of carbonyl (C=O) groups excluding carboxylic acids is 1. The van der Waals surface area contributed by atoms with Crippen LogP contribution in [0, 0.1) is 5.92 Å². The lowest BCUT2D eigenvalue weighted by Gasteiger charge is -2.28. The molecule has 2 heterocycles. The molecule has 0 aliphatic carbocycles. The Kier molecular flexibility index (Phi) is 4.86. The van der Waals surface area contributed by atoms with Crippen LogP contribution in [0.3, 0.4) is 0 Å². The molecule has 0 radical (unpaired) electrons. The van der Waals surface area contributed by atoms with Crippen LogP contribution in [0.4, 0.5) is 0 Å². The summed E-state index contributed by atoms with van der Waals surface area (Å²) in [5, 5.41) is 5.07. The molecule has 1 fully saturated rings. The second kappa shape index (κ2) is 6.27. The Labute approximate surface area is 126 Å². The summed E-state index contributed by atoms with van der Waals surface area (Å²) in [4.78, 5) is 15.8. The zero-order valence-electron chi connectivity index (χ0n) is 13.0. The van der Waals surface area contributed by atoms with Gasteiger partial charge in [-0.05, 0) is 50.4 Å². The van der Waals surface area contributed by atoms with Crippen molar-refractivity contribution in [2.45, 2.75) is 39.0 Å². The molecule has 0 saturated carbocycles. The van der Waals surface area contributed by atoms with Crippen molar-refractivity contribution in [3.05, 3.63) is 21.9 Å². The summed E-state index contributed by atoms with van der Waals surface area (Å²) < 4.78 is 0. The van der Waals surface area contributed by atoms with Gasteiger partial charge in [0.15, 0.2) is 0 Å². The molecule has 1 aliphatic heterocycles. The van der Waals surface area contributed by atoms with Gasteiger partial charge in [-0.3, -0.25) is 4.79 Å². The van der Waals surface area contributed by atoms with Crippen molar-refractivity contribution in [1.82, 2.24) is 10.2 Å². The van der Waals surface area contributed by atoms with Crippen molar-refractivity contribution in [1.29, 1.82) is 0 Å². The average molecular weight is 294 g/mol. The van der Waals surface area contributed by atoms with E-state index in [1.807, 2.05) is 11.4 Å². The maximum atomic E-state index is 12.2. The van der Waals surface area contributed by atoms with E-state index >= 15 is 0 Å². The van der Waals surface area contributed by atoms with Crippen LogP contribution in [-0.2, 0) is 5.41 Å². The fraction of sp³-hybridized carbons (Fsp3) is 0.688. The van der Waals surface area contributed by atoms with Gasteiger partial charge in [0.1, 0.15) is 0 Å². The van der Waals surface area contributed by atoms with Crippen LogP contribution in [0.1, 0.15) is 48.8 Å². The molecular formula is C16H26N2OS. The van der Waals surface area contributed by atoms with Crippen LogP contribution in [-0.4, -0.2) is 37.5 Å². The fourth-order valence-corrected chi connectivity index (χ4v) is 3.43. The summed E-state index contributed by atoms with van der Waals surface area (Å²) >= 11 is 1.68. The van der Waals surface area contributed by atoms with E-state index in [-0.39, 0.29) is 11.3 Å². The Balaban J connectivity index is 1.84. The minimum atomic E-state index is 0.0793. The summed E-state index contributed by atoms with van der Waals surface area (Å²) in [5.74, 6) is 0.714. The molecule has 1 aromatic rings. The first-order valence-corrected chi connectivity index (χ1v) is 8.30. The molecule has 1 aromatic heterocycles. The number of carbonyl (C=O) groups is 1. The van der Waals surface area contributed by atoms with Gasteiger partial charge in [-0.15, -0.1) is 11.3 Å². The second-order valence-corrected chi connectivity index (χ2v) is 7.82. The van der Waals surface area contributed by atoms with Crippen LogP contribution >= 0.6 is 11.3 Å². The fourth-order valence-electron chi connectivity index (χ4n) is 2.45. The highest BCUT2D eigenvalue weighted by molar-refractivity contribution is 7.10. The molecule has 2 rings (SSSR count). The normalized spacial score (nSPS) is 18.2. The molecule has 0 spiro atoms. The predicted octanol–water partition coefficient (Wildman–Crippen LogP) is 3.12. The largest absolute Gasteiger partial charge is 0.352 e. The Bertz CT molecular complexity index is 453. The Hall–Kier alpha value is -0.870. The van der Waals surface area contributed by atoms with E-state index in [4.69, 9.17) is 0 Å². The van der Waals surface area contributed by atoms with Crippen LogP contribution < -0.4 is 5.32 Å². The Morgan fingerprint density at radius 2 is 2.05 bits per heavy atom. The molecule has 4 heteroatoms. The lowest BCUT2D eigenvalue weighted by molar-refractivity contribution is 0.0939. The molecule has 0 atom stereocenters. The summed E-state index contributed by atoms with van der Waals surface area (Å²) in [6.07, 6.45) is 2.38. The SMILES string of the molecule is CN1CCC(CNC(=O)c2csc(C(C)(C)C)c2)CC1. The van der Waals surface area contributed by atoms with Crippen molar-refractivity contribution in [3.63, 3.8) is 0 Å². The number of piperidine rings is 1. The minimum Gasteiger partial charge on any atom is -0.352 e. The monoisotopic (exact) mass is 294 g/mol. The number of rotatable bonds is 3. The van der Waals surface area contributed by atoms with Crippen LogP contribution in [0.25, 0.3) is 0 Å². The number of nitrogens with one attached hydrogen (secondary N) is 1. The van der Waals surface area contributed by atoms with Crippen molar-refractivity contribution in [2.75, 3.05) is 26.7 Å². The highest BCUT2D eigenvalue weighted by Gasteiger charge is 2.20. The van der Waals surface area contributed by atoms with Gasteiger partial charge in [-0.2, -0.15) is 0 Å². The molecule has 20 heavy (non-hydrogen) atoms. The number of amides is 1. The Morgan fingerprint density at radius 1 is 1.40 bits per heavy atom. The molecular weight excluding hydrogens is 268 g/mol. The smallest absolute Gasteiger partial charge is 0.252 e. The average Bonchev–Trinajstić information content (AvgIpc) is 2.87. The number of hydrogen-bond acceptors (Lipinski definition) is 3. The number of nitrogens with zero attached hydrogens (tertiary/aromatic N) is 1. The first kappa shape index (κ1) is 15.5. The maximum absolute atomic E-state index is 12.2. The molecule has 1 N–H and O–H groups in total. The van der Waals surface area contributed by atoms with Crippen LogP contribution in [0.5, 0.6) is 0 Å². The van der Waals surface area contributed by atoms with E-state index in [1.165, 1.54) is 17.7 Å².